The van der Waals surface area contributed by atoms with E-state index in [1.54, 1.807) is 20.1 Å². The van der Waals surface area contributed by atoms with Crippen LogP contribution in [-0.4, -0.2) is 39.2 Å². The summed E-state index contributed by atoms with van der Waals surface area (Å²) in [6.45, 7) is 3.23. The Morgan fingerprint density at radius 3 is 2.63 bits per heavy atom. The zero-order valence-electron chi connectivity index (χ0n) is 10.8. The van der Waals surface area contributed by atoms with Crippen LogP contribution in [0.2, 0.25) is 0 Å². The second-order valence-corrected chi connectivity index (χ2v) is 4.62. The summed E-state index contributed by atoms with van der Waals surface area (Å²) >= 11 is 1.16. The summed E-state index contributed by atoms with van der Waals surface area (Å²) in [5, 5.41) is 11.6. The molecule has 1 amide bonds. The lowest BCUT2D eigenvalue weighted by Crippen LogP contribution is -2.41. The van der Waals surface area contributed by atoms with Crippen molar-refractivity contribution in [1.29, 1.82) is 0 Å². The number of nitrogens with zero attached hydrogens (tertiary/aromatic N) is 1. The SMILES string of the molecule is CC[C@@H](NC(=O)c1c(SC)nc(=O)[nH]c1C)C(=O)O. The van der Waals surface area contributed by atoms with Gasteiger partial charge in [0.05, 0.1) is 5.56 Å². The standard InChI is InChI=1S/C11H15N3O4S/c1-4-6(10(16)17)13-8(15)7-5(2)12-11(18)14-9(7)19-3/h6H,4H2,1-3H3,(H,13,15)(H,16,17)(H,12,14,18)/t6-/m1/s1. The van der Waals surface area contributed by atoms with Crippen molar-refractivity contribution in [2.24, 2.45) is 0 Å². The number of carbonyl (C=O) groups excluding carboxylic acids is 1. The molecule has 0 unspecified atom stereocenters. The first kappa shape index (κ1) is 15.2. The van der Waals surface area contributed by atoms with Gasteiger partial charge in [-0.15, -0.1) is 11.8 Å². The molecule has 0 radical (unpaired) electrons. The molecule has 1 heterocycles. The lowest BCUT2D eigenvalue weighted by Gasteiger charge is -2.14. The number of hydrogen-bond acceptors (Lipinski definition) is 5. The summed E-state index contributed by atoms with van der Waals surface area (Å²) < 4.78 is 0. The quantitative estimate of drug-likeness (QED) is 0.533. The first-order valence-electron chi connectivity index (χ1n) is 5.59. The van der Waals surface area contributed by atoms with Crippen molar-refractivity contribution in [2.75, 3.05) is 6.26 Å². The molecule has 0 bridgehead atoms. The number of carboxylic acid groups (broad SMARTS) is 1. The van der Waals surface area contributed by atoms with E-state index in [-0.39, 0.29) is 17.0 Å². The Morgan fingerprint density at radius 2 is 2.16 bits per heavy atom. The molecule has 1 rings (SSSR count). The lowest BCUT2D eigenvalue weighted by atomic mass is 10.2. The number of carboxylic acids is 1. The maximum atomic E-state index is 12.1. The molecule has 7 nitrogen and oxygen atoms in total. The van der Waals surface area contributed by atoms with Crippen LogP contribution >= 0.6 is 11.8 Å². The third kappa shape index (κ3) is 3.57. The van der Waals surface area contributed by atoms with Gasteiger partial charge in [0.2, 0.25) is 0 Å². The molecular weight excluding hydrogens is 270 g/mol. The predicted molar refractivity (Wildman–Crippen MR) is 70.6 cm³/mol. The number of aromatic amines is 1. The summed E-state index contributed by atoms with van der Waals surface area (Å²) in [7, 11) is 0. The number of aliphatic carboxylic acids is 1. The highest BCUT2D eigenvalue weighted by Gasteiger charge is 2.22. The minimum atomic E-state index is -1.10. The Balaban J connectivity index is 3.12. The van der Waals surface area contributed by atoms with Gasteiger partial charge in [-0.25, -0.2) is 9.59 Å². The highest BCUT2D eigenvalue weighted by molar-refractivity contribution is 7.98. The molecular formula is C11H15N3O4S. The molecule has 0 aliphatic heterocycles. The fraction of sp³-hybridized carbons (Fsp3) is 0.455. The van der Waals surface area contributed by atoms with Gasteiger partial charge in [0.15, 0.2) is 0 Å². The molecule has 0 aromatic carbocycles. The number of aryl methyl sites for hydroxylation is 1. The minimum Gasteiger partial charge on any atom is -0.480 e. The topological polar surface area (TPSA) is 112 Å². The summed E-state index contributed by atoms with van der Waals surface area (Å²) in [5.74, 6) is -1.66. The Morgan fingerprint density at radius 1 is 1.53 bits per heavy atom. The zero-order valence-corrected chi connectivity index (χ0v) is 11.6. The van der Waals surface area contributed by atoms with Crippen molar-refractivity contribution < 1.29 is 14.7 Å². The molecule has 19 heavy (non-hydrogen) atoms. The predicted octanol–water partition coefficient (Wildman–Crippen LogP) is 0.393. The van der Waals surface area contributed by atoms with Crippen LogP contribution in [0.3, 0.4) is 0 Å². The molecule has 3 N–H and O–H groups in total. The van der Waals surface area contributed by atoms with Crippen molar-refractivity contribution in [3.8, 4) is 0 Å². The van der Waals surface area contributed by atoms with E-state index in [1.165, 1.54) is 0 Å². The van der Waals surface area contributed by atoms with Crippen LogP contribution in [-0.2, 0) is 4.79 Å². The highest BCUT2D eigenvalue weighted by atomic mass is 32.2. The Hall–Kier alpha value is -1.83. The average molecular weight is 285 g/mol. The van der Waals surface area contributed by atoms with Gasteiger partial charge < -0.3 is 15.4 Å². The molecule has 1 atom stereocenters. The smallest absolute Gasteiger partial charge is 0.346 e. The monoisotopic (exact) mass is 285 g/mol. The van der Waals surface area contributed by atoms with Crippen molar-refractivity contribution >= 4 is 23.6 Å². The first-order valence-corrected chi connectivity index (χ1v) is 6.81. The van der Waals surface area contributed by atoms with Crippen molar-refractivity contribution in [3.05, 3.63) is 21.7 Å². The van der Waals surface area contributed by atoms with Crippen LogP contribution in [0.1, 0.15) is 29.4 Å². The van der Waals surface area contributed by atoms with Gasteiger partial charge >= 0.3 is 11.7 Å². The van der Waals surface area contributed by atoms with Crippen LogP contribution < -0.4 is 11.0 Å². The van der Waals surface area contributed by atoms with Crippen molar-refractivity contribution in [3.63, 3.8) is 0 Å². The average Bonchev–Trinajstić information content (AvgIpc) is 2.33. The van der Waals surface area contributed by atoms with E-state index in [1.807, 2.05) is 0 Å². The summed E-state index contributed by atoms with van der Waals surface area (Å²) in [4.78, 5) is 40.3. The second kappa shape index (κ2) is 6.37. The summed E-state index contributed by atoms with van der Waals surface area (Å²) in [6.07, 6.45) is 1.96. The Labute approximate surface area is 113 Å². The van der Waals surface area contributed by atoms with Gasteiger partial charge in [0, 0.05) is 5.69 Å². The first-order chi connectivity index (χ1) is 8.90. The van der Waals surface area contributed by atoms with Gasteiger partial charge in [-0.05, 0) is 19.6 Å². The van der Waals surface area contributed by atoms with E-state index in [2.05, 4.69) is 15.3 Å². The molecule has 0 fully saturated rings. The molecule has 0 saturated carbocycles. The summed E-state index contributed by atoms with van der Waals surface area (Å²) in [5.41, 5.74) is 0.0255. The van der Waals surface area contributed by atoms with E-state index in [0.29, 0.717) is 5.69 Å². The molecule has 0 aliphatic carbocycles. The fourth-order valence-electron chi connectivity index (χ4n) is 1.54. The van der Waals surface area contributed by atoms with Gasteiger partial charge in [0.25, 0.3) is 5.91 Å². The number of amides is 1. The number of hydrogen-bond donors (Lipinski definition) is 3. The number of carbonyl (C=O) groups is 2. The van der Waals surface area contributed by atoms with Gasteiger partial charge in [-0.2, -0.15) is 4.98 Å². The second-order valence-electron chi connectivity index (χ2n) is 3.82. The van der Waals surface area contributed by atoms with Crippen molar-refractivity contribution in [1.82, 2.24) is 15.3 Å². The van der Waals surface area contributed by atoms with Gasteiger partial charge in [-0.1, -0.05) is 6.92 Å². The third-order valence-electron chi connectivity index (χ3n) is 2.52. The number of aromatic nitrogens is 2. The summed E-state index contributed by atoms with van der Waals surface area (Å²) in [6, 6.07) is -0.964. The molecule has 0 saturated heterocycles. The van der Waals surface area contributed by atoms with Crippen LogP contribution in [0.5, 0.6) is 0 Å². The number of nitrogens with one attached hydrogen (secondary N) is 2. The molecule has 104 valence electrons. The minimum absolute atomic E-state index is 0.201. The normalized spacial score (nSPS) is 11.9. The molecule has 1 aromatic rings. The van der Waals surface area contributed by atoms with Crippen LogP contribution in [0, 0.1) is 6.92 Å². The number of H-pyrrole nitrogens is 1. The van der Waals surface area contributed by atoms with Gasteiger partial charge in [-0.3, -0.25) is 4.79 Å². The van der Waals surface area contributed by atoms with Crippen LogP contribution in [0.25, 0.3) is 0 Å². The maximum absolute atomic E-state index is 12.1. The van der Waals surface area contributed by atoms with E-state index in [4.69, 9.17) is 5.11 Å². The maximum Gasteiger partial charge on any atom is 0.346 e. The highest BCUT2D eigenvalue weighted by Crippen LogP contribution is 2.18. The Kier molecular flexibility index (Phi) is 5.11. The molecule has 8 heteroatoms. The molecule has 0 spiro atoms. The van der Waals surface area contributed by atoms with E-state index in [9.17, 15) is 14.4 Å². The largest absolute Gasteiger partial charge is 0.480 e. The lowest BCUT2D eigenvalue weighted by molar-refractivity contribution is -0.139. The van der Waals surface area contributed by atoms with E-state index >= 15 is 0 Å². The number of thioether (sulfide) groups is 1. The van der Waals surface area contributed by atoms with Crippen LogP contribution in [0.15, 0.2) is 9.82 Å². The van der Waals surface area contributed by atoms with Crippen LogP contribution in [0.4, 0.5) is 0 Å². The fourth-order valence-corrected chi connectivity index (χ4v) is 2.17. The van der Waals surface area contributed by atoms with E-state index < -0.39 is 23.6 Å². The van der Waals surface area contributed by atoms with Gasteiger partial charge in [0.1, 0.15) is 11.1 Å². The zero-order chi connectivity index (χ0) is 14.6. The molecule has 0 aliphatic rings. The molecule has 1 aromatic heterocycles. The van der Waals surface area contributed by atoms with E-state index in [0.717, 1.165) is 11.8 Å². The Bertz CT molecular complexity index is 555. The van der Waals surface area contributed by atoms with Crippen molar-refractivity contribution in [2.45, 2.75) is 31.3 Å². The number of rotatable bonds is 5. The third-order valence-corrected chi connectivity index (χ3v) is 3.20.